The maximum atomic E-state index is 13.7. The summed E-state index contributed by atoms with van der Waals surface area (Å²) in [7, 11) is 1.08. The number of halogens is 4. The Morgan fingerprint density at radius 3 is 2.37 bits per heavy atom. The molecule has 0 radical (unpaired) electrons. The average molecular weight is 383 g/mol. The Labute approximate surface area is 153 Å². The summed E-state index contributed by atoms with van der Waals surface area (Å²) in [6, 6.07) is 3.62. The first-order valence-electron chi connectivity index (χ1n) is 8.27. The molecule has 0 unspecified atom stereocenters. The summed E-state index contributed by atoms with van der Waals surface area (Å²) in [5.41, 5.74) is -1.09. The Kier molecular flexibility index (Phi) is 4.84. The molecular weight excluding hydrogens is 366 g/mol. The van der Waals surface area contributed by atoms with E-state index in [0.29, 0.717) is 12.8 Å². The minimum Gasteiger partial charge on any atom is -0.465 e. The van der Waals surface area contributed by atoms with Gasteiger partial charge < -0.3 is 9.47 Å². The van der Waals surface area contributed by atoms with E-state index in [4.69, 9.17) is 4.74 Å². The van der Waals surface area contributed by atoms with Crippen LogP contribution >= 0.6 is 0 Å². The van der Waals surface area contributed by atoms with E-state index in [-0.39, 0.29) is 39.8 Å². The van der Waals surface area contributed by atoms with Gasteiger partial charge in [-0.3, -0.25) is 0 Å². The van der Waals surface area contributed by atoms with E-state index in [0.717, 1.165) is 13.2 Å². The number of hydrogen-bond donors (Lipinski definition) is 0. The third-order valence-corrected chi connectivity index (χ3v) is 4.49. The number of carbonyl (C=O) groups is 1. The molecular formula is C19H17F4NO3. The van der Waals surface area contributed by atoms with E-state index in [1.807, 2.05) is 0 Å². The summed E-state index contributed by atoms with van der Waals surface area (Å²) >= 11 is 0. The van der Waals surface area contributed by atoms with Crippen LogP contribution in [0.3, 0.4) is 0 Å². The molecule has 0 amide bonds. The molecule has 0 saturated heterocycles. The Bertz CT molecular complexity index is 905. The zero-order valence-electron chi connectivity index (χ0n) is 14.9. The summed E-state index contributed by atoms with van der Waals surface area (Å²) < 4.78 is 64.6. The van der Waals surface area contributed by atoms with E-state index in [1.165, 1.54) is 26.0 Å². The van der Waals surface area contributed by atoms with Crippen molar-refractivity contribution in [2.45, 2.75) is 38.8 Å². The zero-order chi connectivity index (χ0) is 19.9. The maximum Gasteiger partial charge on any atom is 0.416 e. The first-order valence-corrected chi connectivity index (χ1v) is 8.27. The molecule has 1 heterocycles. The number of hydrogen-bond acceptors (Lipinski definition) is 4. The van der Waals surface area contributed by atoms with E-state index in [2.05, 4.69) is 9.72 Å². The minimum atomic E-state index is -4.61. The van der Waals surface area contributed by atoms with Crippen LogP contribution in [0.4, 0.5) is 17.6 Å². The molecule has 0 atom stereocenters. The molecule has 1 aromatic heterocycles. The number of methoxy groups -OCH3 is 1. The molecule has 4 nitrogen and oxygen atoms in total. The fraction of sp³-hybridized carbons (Fsp3) is 0.368. The monoisotopic (exact) mass is 383 g/mol. The lowest BCUT2D eigenvalue weighted by molar-refractivity contribution is -0.138. The highest BCUT2D eigenvalue weighted by molar-refractivity contribution is 5.95. The summed E-state index contributed by atoms with van der Waals surface area (Å²) in [4.78, 5) is 15.8. The molecule has 0 spiro atoms. The van der Waals surface area contributed by atoms with E-state index in [9.17, 15) is 22.4 Å². The van der Waals surface area contributed by atoms with Crippen LogP contribution in [0.2, 0.25) is 0 Å². The van der Waals surface area contributed by atoms with Gasteiger partial charge in [-0.05, 0) is 61.9 Å². The Hall–Kier alpha value is -2.64. The van der Waals surface area contributed by atoms with Crippen LogP contribution in [0.25, 0.3) is 0 Å². The molecule has 8 heteroatoms. The number of pyridine rings is 1. The number of carbonyl (C=O) groups excluding carboxylic acids is 1. The van der Waals surface area contributed by atoms with Gasteiger partial charge in [0.25, 0.3) is 0 Å². The number of alkyl halides is 3. The van der Waals surface area contributed by atoms with Crippen molar-refractivity contribution in [2.24, 2.45) is 0 Å². The molecule has 0 N–H and O–H groups in total. The van der Waals surface area contributed by atoms with Crippen molar-refractivity contribution in [2.75, 3.05) is 7.11 Å². The second-order valence-electron chi connectivity index (χ2n) is 6.42. The Balaban J connectivity index is 2.21. The van der Waals surface area contributed by atoms with Crippen LogP contribution in [-0.4, -0.2) is 18.1 Å². The van der Waals surface area contributed by atoms with Gasteiger partial charge in [-0.25, -0.2) is 9.78 Å². The molecule has 1 fully saturated rings. The number of benzene rings is 1. The SMILES string of the molecule is COC(=O)c1c(Oc2ccc(F)nc2C)cc(C2CC2)c(C(F)(F)F)c1C. The lowest BCUT2D eigenvalue weighted by Gasteiger charge is -2.21. The highest BCUT2D eigenvalue weighted by Crippen LogP contribution is 2.50. The van der Waals surface area contributed by atoms with Gasteiger partial charge >= 0.3 is 12.1 Å². The van der Waals surface area contributed by atoms with Crippen molar-refractivity contribution < 1.29 is 31.8 Å². The van der Waals surface area contributed by atoms with Crippen molar-refractivity contribution in [3.8, 4) is 11.5 Å². The molecule has 144 valence electrons. The fourth-order valence-electron chi connectivity index (χ4n) is 3.08. The second kappa shape index (κ2) is 6.83. The van der Waals surface area contributed by atoms with Crippen LogP contribution < -0.4 is 4.74 Å². The molecule has 1 saturated carbocycles. The fourth-order valence-corrected chi connectivity index (χ4v) is 3.08. The number of nitrogens with zero attached hydrogens (tertiary/aromatic N) is 1. The smallest absolute Gasteiger partial charge is 0.416 e. The molecule has 3 rings (SSSR count). The molecule has 2 aromatic rings. The molecule has 0 bridgehead atoms. The van der Waals surface area contributed by atoms with Crippen molar-refractivity contribution in [3.05, 3.63) is 52.1 Å². The van der Waals surface area contributed by atoms with E-state index in [1.54, 1.807) is 0 Å². The molecule has 1 aromatic carbocycles. The number of aromatic nitrogens is 1. The third kappa shape index (κ3) is 3.74. The quantitative estimate of drug-likeness (QED) is 0.408. The normalized spacial score (nSPS) is 14.2. The van der Waals surface area contributed by atoms with Gasteiger partial charge in [0.15, 0.2) is 0 Å². The number of esters is 1. The predicted octanol–water partition coefficient (Wildman–Crippen LogP) is 5.31. The number of ether oxygens (including phenoxy) is 2. The number of rotatable bonds is 4. The highest BCUT2D eigenvalue weighted by atomic mass is 19.4. The lowest BCUT2D eigenvalue weighted by Crippen LogP contribution is -2.17. The van der Waals surface area contributed by atoms with Gasteiger partial charge in [-0.15, -0.1) is 0 Å². The minimum absolute atomic E-state index is 0.0641. The Morgan fingerprint density at radius 1 is 1.19 bits per heavy atom. The first-order chi connectivity index (χ1) is 12.6. The Morgan fingerprint density at radius 2 is 1.85 bits per heavy atom. The van der Waals surface area contributed by atoms with Crippen molar-refractivity contribution >= 4 is 5.97 Å². The highest BCUT2D eigenvalue weighted by Gasteiger charge is 2.42. The van der Waals surface area contributed by atoms with Crippen LogP contribution in [0.15, 0.2) is 18.2 Å². The summed E-state index contributed by atoms with van der Waals surface area (Å²) in [5, 5.41) is 0. The van der Waals surface area contributed by atoms with Crippen LogP contribution in [0.1, 0.15) is 51.5 Å². The summed E-state index contributed by atoms with van der Waals surface area (Å²) in [6.45, 7) is 2.72. The second-order valence-corrected chi connectivity index (χ2v) is 6.42. The summed E-state index contributed by atoms with van der Waals surface area (Å²) in [5.74, 6) is -1.81. The van der Waals surface area contributed by atoms with E-state index < -0.39 is 23.7 Å². The molecule has 1 aliphatic carbocycles. The average Bonchev–Trinajstić information content (AvgIpc) is 3.40. The van der Waals surface area contributed by atoms with Crippen molar-refractivity contribution in [3.63, 3.8) is 0 Å². The van der Waals surface area contributed by atoms with Crippen molar-refractivity contribution in [1.82, 2.24) is 4.98 Å². The standard InChI is InChI=1S/C19H17F4NO3/c1-9-16(18(25)26-3)14(27-13-6-7-15(20)24-10(13)2)8-12(11-4-5-11)17(9)19(21,22)23/h6-8,11H,4-5H2,1-3H3. The van der Waals surface area contributed by atoms with Crippen molar-refractivity contribution in [1.29, 1.82) is 0 Å². The van der Waals surface area contributed by atoms with Gasteiger partial charge in [0, 0.05) is 0 Å². The van der Waals surface area contributed by atoms with Gasteiger partial charge in [0.1, 0.15) is 17.1 Å². The van der Waals surface area contributed by atoms with Gasteiger partial charge in [-0.1, -0.05) is 0 Å². The van der Waals surface area contributed by atoms with Gasteiger partial charge in [-0.2, -0.15) is 17.6 Å². The van der Waals surface area contributed by atoms with Gasteiger partial charge in [0.2, 0.25) is 5.95 Å². The maximum absolute atomic E-state index is 13.7. The van der Waals surface area contributed by atoms with Crippen LogP contribution in [0.5, 0.6) is 11.5 Å². The predicted molar refractivity (Wildman–Crippen MR) is 88.5 cm³/mol. The third-order valence-electron chi connectivity index (χ3n) is 4.49. The molecule has 1 aliphatic rings. The van der Waals surface area contributed by atoms with E-state index >= 15 is 0 Å². The molecule has 0 aliphatic heterocycles. The van der Waals surface area contributed by atoms with Crippen LogP contribution in [-0.2, 0) is 10.9 Å². The topological polar surface area (TPSA) is 48.4 Å². The molecule has 27 heavy (non-hydrogen) atoms. The largest absolute Gasteiger partial charge is 0.465 e. The summed E-state index contributed by atoms with van der Waals surface area (Å²) in [6.07, 6.45) is -3.34. The van der Waals surface area contributed by atoms with Gasteiger partial charge in [0.05, 0.1) is 18.4 Å². The van der Waals surface area contributed by atoms with Crippen LogP contribution in [0, 0.1) is 19.8 Å². The number of aryl methyl sites for hydroxylation is 1. The lowest BCUT2D eigenvalue weighted by atomic mass is 9.92. The first kappa shape index (κ1) is 19.1. The zero-order valence-corrected chi connectivity index (χ0v) is 14.9.